The number of benzene rings is 1. The molecule has 29 heavy (non-hydrogen) atoms. The molecule has 2 aliphatic rings. The molecule has 0 radical (unpaired) electrons. The molecule has 0 aliphatic carbocycles. The standard InChI is InChI=1S/C23H26N2O3S.H2/c1-14-5-10-19(21(26)24-14)25-11-17-18(22(25)27)13-29-20(17)12-28-16-8-6-15(7-9-16)23(2,3)4;/h6-9,13,19H,1,5,10-12H2,2-4H3,(H,24,26);1H/t19-;/m0./s1. The van der Waals surface area contributed by atoms with E-state index in [2.05, 4.69) is 44.8 Å². The van der Waals surface area contributed by atoms with Gasteiger partial charge in [0.1, 0.15) is 18.4 Å². The van der Waals surface area contributed by atoms with E-state index in [0.29, 0.717) is 31.6 Å². The molecule has 1 aromatic carbocycles. The van der Waals surface area contributed by atoms with Crippen molar-refractivity contribution in [3.8, 4) is 5.75 Å². The van der Waals surface area contributed by atoms with E-state index in [1.54, 1.807) is 16.2 Å². The minimum absolute atomic E-state index is 0. The molecule has 0 saturated carbocycles. The van der Waals surface area contributed by atoms with Crippen molar-refractivity contribution in [2.24, 2.45) is 0 Å². The highest BCUT2D eigenvalue weighted by atomic mass is 32.1. The Morgan fingerprint density at radius 3 is 2.66 bits per heavy atom. The predicted octanol–water partition coefficient (Wildman–Crippen LogP) is 4.62. The first-order chi connectivity index (χ1) is 13.7. The zero-order chi connectivity index (χ0) is 20.8. The lowest BCUT2D eigenvalue weighted by Crippen LogP contribution is -2.49. The van der Waals surface area contributed by atoms with E-state index in [9.17, 15) is 9.59 Å². The number of hydrogen-bond donors (Lipinski definition) is 1. The van der Waals surface area contributed by atoms with E-state index in [1.807, 2.05) is 17.5 Å². The van der Waals surface area contributed by atoms with Crippen LogP contribution in [0, 0.1) is 0 Å². The van der Waals surface area contributed by atoms with Gasteiger partial charge in [-0.25, -0.2) is 0 Å². The van der Waals surface area contributed by atoms with Crippen molar-refractivity contribution in [1.29, 1.82) is 0 Å². The Morgan fingerprint density at radius 2 is 2.00 bits per heavy atom. The molecule has 1 aromatic heterocycles. The van der Waals surface area contributed by atoms with Gasteiger partial charge in [0, 0.05) is 29.5 Å². The maximum Gasteiger partial charge on any atom is 0.256 e. The first kappa shape index (κ1) is 19.7. The molecule has 0 spiro atoms. The third-order valence-corrected chi connectivity index (χ3v) is 6.59. The molecule has 6 heteroatoms. The molecule has 3 heterocycles. The number of fused-ring (bicyclic) bond motifs is 1. The number of hydrogen-bond acceptors (Lipinski definition) is 4. The van der Waals surface area contributed by atoms with Crippen LogP contribution in [0.3, 0.4) is 0 Å². The van der Waals surface area contributed by atoms with E-state index < -0.39 is 6.04 Å². The van der Waals surface area contributed by atoms with Gasteiger partial charge in [-0.15, -0.1) is 11.3 Å². The van der Waals surface area contributed by atoms with Gasteiger partial charge in [-0.05, 0) is 36.0 Å². The van der Waals surface area contributed by atoms with E-state index in [0.717, 1.165) is 21.9 Å². The number of nitrogens with zero attached hydrogens (tertiary/aromatic N) is 1. The third-order valence-electron chi connectivity index (χ3n) is 5.59. The Bertz CT molecular complexity index is 975. The second-order valence-corrected chi connectivity index (χ2v) is 9.66. The summed E-state index contributed by atoms with van der Waals surface area (Å²) in [5.41, 5.74) is 3.78. The minimum atomic E-state index is -0.427. The SMILES string of the molecule is C=C1CC[C@H](N2Cc3c(csc3COc3ccc(C(C)(C)C)cc3)C2=O)C(=O)N1.[HH]. The Hall–Kier alpha value is -2.60. The largest absolute Gasteiger partial charge is 0.488 e. The fraction of sp³-hybridized carbons (Fsp3) is 0.391. The van der Waals surface area contributed by atoms with Crippen LogP contribution in [-0.4, -0.2) is 22.8 Å². The topological polar surface area (TPSA) is 58.6 Å². The highest BCUT2D eigenvalue weighted by Crippen LogP contribution is 2.35. The highest BCUT2D eigenvalue weighted by molar-refractivity contribution is 7.10. The van der Waals surface area contributed by atoms with Gasteiger partial charge in [-0.2, -0.15) is 0 Å². The normalized spacial score (nSPS) is 19.3. The van der Waals surface area contributed by atoms with Crippen molar-refractivity contribution in [2.75, 3.05) is 0 Å². The number of carbonyl (C=O) groups is 2. The lowest BCUT2D eigenvalue weighted by atomic mass is 9.87. The zero-order valence-electron chi connectivity index (χ0n) is 17.1. The quantitative estimate of drug-likeness (QED) is 0.797. The molecule has 2 aliphatic heterocycles. The molecule has 1 fully saturated rings. The summed E-state index contributed by atoms with van der Waals surface area (Å²) >= 11 is 1.55. The van der Waals surface area contributed by atoms with Crippen LogP contribution in [0.4, 0.5) is 0 Å². The summed E-state index contributed by atoms with van der Waals surface area (Å²) in [7, 11) is 0. The number of carbonyl (C=O) groups excluding carboxylic acids is 2. The third kappa shape index (κ3) is 3.81. The lowest BCUT2D eigenvalue weighted by Gasteiger charge is -2.31. The first-order valence-electron chi connectivity index (χ1n) is 9.86. The lowest BCUT2D eigenvalue weighted by molar-refractivity contribution is -0.126. The van der Waals surface area contributed by atoms with Crippen molar-refractivity contribution < 1.29 is 15.8 Å². The highest BCUT2D eigenvalue weighted by Gasteiger charge is 2.39. The molecule has 0 bridgehead atoms. The van der Waals surface area contributed by atoms with Gasteiger partial charge in [0.15, 0.2) is 0 Å². The van der Waals surface area contributed by atoms with Crippen molar-refractivity contribution >= 4 is 23.2 Å². The summed E-state index contributed by atoms with van der Waals surface area (Å²) in [4.78, 5) is 27.9. The molecule has 0 unspecified atom stereocenters. The zero-order valence-corrected chi connectivity index (χ0v) is 17.9. The Morgan fingerprint density at radius 1 is 1.28 bits per heavy atom. The Kier molecular flexibility index (Phi) is 4.99. The van der Waals surface area contributed by atoms with Gasteiger partial charge in [-0.3, -0.25) is 9.59 Å². The number of thiophene rings is 1. The first-order valence-corrected chi connectivity index (χ1v) is 10.7. The molecule has 2 amide bonds. The van der Waals surface area contributed by atoms with E-state index in [-0.39, 0.29) is 18.7 Å². The van der Waals surface area contributed by atoms with Crippen LogP contribution >= 0.6 is 11.3 Å². The minimum Gasteiger partial charge on any atom is -0.488 e. The summed E-state index contributed by atoms with van der Waals surface area (Å²) in [6.07, 6.45) is 1.32. The summed E-state index contributed by atoms with van der Waals surface area (Å²) < 4.78 is 5.98. The number of nitrogens with one attached hydrogen (secondary N) is 1. The number of amides is 2. The van der Waals surface area contributed by atoms with Crippen LogP contribution in [0.25, 0.3) is 0 Å². The van der Waals surface area contributed by atoms with E-state index in [1.165, 1.54) is 5.56 Å². The molecular weight excluding hydrogens is 384 g/mol. The van der Waals surface area contributed by atoms with Crippen LogP contribution in [0.1, 0.15) is 61.4 Å². The van der Waals surface area contributed by atoms with Crippen molar-refractivity contribution in [2.45, 2.75) is 58.2 Å². The van der Waals surface area contributed by atoms with Crippen LogP contribution in [0.5, 0.6) is 5.75 Å². The maximum atomic E-state index is 12.8. The molecular formula is C23H28N2O3S. The molecule has 1 saturated heterocycles. The molecule has 2 aromatic rings. The van der Waals surface area contributed by atoms with Crippen LogP contribution in [0.2, 0.25) is 0 Å². The van der Waals surface area contributed by atoms with Crippen molar-refractivity contribution in [3.63, 3.8) is 0 Å². The second kappa shape index (κ2) is 7.34. The second-order valence-electron chi connectivity index (χ2n) is 8.69. The van der Waals surface area contributed by atoms with Crippen LogP contribution in [-0.2, 0) is 23.4 Å². The monoisotopic (exact) mass is 412 g/mol. The van der Waals surface area contributed by atoms with Gasteiger partial charge in [0.05, 0.1) is 5.56 Å². The summed E-state index contributed by atoms with van der Waals surface area (Å²) in [5.74, 6) is 0.608. The fourth-order valence-corrected chi connectivity index (χ4v) is 4.75. The fourth-order valence-electron chi connectivity index (χ4n) is 3.80. The molecule has 1 N–H and O–H groups in total. The van der Waals surface area contributed by atoms with Gasteiger partial charge >= 0.3 is 0 Å². The molecule has 1 atom stereocenters. The average molecular weight is 413 g/mol. The van der Waals surface area contributed by atoms with Crippen LogP contribution in [0.15, 0.2) is 41.9 Å². The molecule has 154 valence electrons. The van der Waals surface area contributed by atoms with Crippen molar-refractivity contribution in [1.82, 2.24) is 10.2 Å². The van der Waals surface area contributed by atoms with Gasteiger partial charge < -0.3 is 15.0 Å². The number of piperidine rings is 1. The van der Waals surface area contributed by atoms with Gasteiger partial charge in [0.2, 0.25) is 5.91 Å². The summed E-state index contributed by atoms with van der Waals surface area (Å²) in [6, 6.07) is 7.74. The Balaban J connectivity index is 0.00000256. The predicted molar refractivity (Wildman–Crippen MR) is 116 cm³/mol. The maximum absolute atomic E-state index is 12.8. The smallest absolute Gasteiger partial charge is 0.256 e. The number of allylic oxidation sites excluding steroid dienone is 1. The number of ether oxygens (including phenoxy) is 1. The summed E-state index contributed by atoms with van der Waals surface area (Å²) in [6.45, 7) is 11.2. The van der Waals surface area contributed by atoms with E-state index >= 15 is 0 Å². The average Bonchev–Trinajstić information content (AvgIpc) is 3.20. The Labute approximate surface area is 176 Å². The molecule has 5 nitrogen and oxygen atoms in total. The van der Waals surface area contributed by atoms with Crippen LogP contribution < -0.4 is 10.1 Å². The van der Waals surface area contributed by atoms with Gasteiger partial charge in [-0.1, -0.05) is 39.5 Å². The van der Waals surface area contributed by atoms with E-state index in [4.69, 9.17) is 4.74 Å². The number of rotatable bonds is 4. The summed E-state index contributed by atoms with van der Waals surface area (Å²) in [5, 5.41) is 4.66. The molecule has 4 rings (SSSR count). The van der Waals surface area contributed by atoms with Crippen molar-refractivity contribution in [3.05, 3.63) is 63.5 Å². The van der Waals surface area contributed by atoms with Gasteiger partial charge in [0.25, 0.3) is 5.91 Å².